The predicted octanol–water partition coefficient (Wildman–Crippen LogP) is 2.09. The molecule has 2 rings (SSSR count). The second kappa shape index (κ2) is 5.01. The van der Waals surface area contributed by atoms with Crippen LogP contribution in [0.15, 0.2) is 12.1 Å². The fraction of sp³-hybridized carbons (Fsp3) is 0.500. The Labute approximate surface area is 116 Å². The number of carbonyl (C=O) groups excluding carboxylic acids is 1. The van der Waals surface area contributed by atoms with Crippen LogP contribution in [0.25, 0.3) is 0 Å². The van der Waals surface area contributed by atoms with E-state index in [-0.39, 0.29) is 28.8 Å². The number of anilines is 1. The van der Waals surface area contributed by atoms with Gasteiger partial charge in [0.25, 0.3) is 5.91 Å². The lowest BCUT2D eigenvalue weighted by Crippen LogP contribution is -2.61. The third-order valence-corrected chi connectivity index (χ3v) is 4.10. The summed E-state index contributed by atoms with van der Waals surface area (Å²) in [5.74, 6) is -2.39. The zero-order valence-electron chi connectivity index (χ0n) is 11.7. The van der Waals surface area contributed by atoms with Crippen LogP contribution in [0.5, 0.6) is 0 Å². The molecule has 1 aromatic carbocycles. The quantitative estimate of drug-likeness (QED) is 0.835. The van der Waals surface area contributed by atoms with Crippen molar-refractivity contribution in [3.63, 3.8) is 0 Å². The normalized spacial score (nSPS) is 24.1. The van der Waals surface area contributed by atoms with Gasteiger partial charge in [-0.1, -0.05) is 13.8 Å². The van der Waals surface area contributed by atoms with E-state index in [9.17, 15) is 13.6 Å². The lowest BCUT2D eigenvalue weighted by atomic mass is 9.64. The number of amides is 1. The smallest absolute Gasteiger partial charge is 0.254 e. The predicted molar refractivity (Wildman–Crippen MR) is 71.2 cm³/mol. The van der Waals surface area contributed by atoms with Crippen LogP contribution in [0.2, 0.25) is 0 Å². The third kappa shape index (κ3) is 2.35. The van der Waals surface area contributed by atoms with Crippen molar-refractivity contribution in [3.05, 3.63) is 29.3 Å². The molecule has 0 heterocycles. The number of ether oxygens (including phenoxy) is 1. The molecule has 0 saturated heterocycles. The molecule has 6 heteroatoms. The first-order chi connectivity index (χ1) is 9.27. The van der Waals surface area contributed by atoms with E-state index in [2.05, 4.69) is 5.32 Å². The minimum Gasteiger partial charge on any atom is -0.396 e. The van der Waals surface area contributed by atoms with Crippen LogP contribution in [-0.4, -0.2) is 25.2 Å². The van der Waals surface area contributed by atoms with E-state index in [1.54, 1.807) is 7.11 Å². The maximum atomic E-state index is 13.6. The van der Waals surface area contributed by atoms with E-state index >= 15 is 0 Å². The Morgan fingerprint density at radius 1 is 1.40 bits per heavy atom. The number of rotatable bonds is 3. The number of benzene rings is 1. The van der Waals surface area contributed by atoms with E-state index in [1.165, 1.54) is 0 Å². The van der Waals surface area contributed by atoms with Gasteiger partial charge in [0.1, 0.15) is 11.6 Å². The van der Waals surface area contributed by atoms with Crippen LogP contribution in [0.3, 0.4) is 0 Å². The van der Waals surface area contributed by atoms with Crippen molar-refractivity contribution in [1.29, 1.82) is 0 Å². The topological polar surface area (TPSA) is 64.3 Å². The summed E-state index contributed by atoms with van der Waals surface area (Å²) < 4.78 is 32.0. The first-order valence-corrected chi connectivity index (χ1v) is 6.35. The van der Waals surface area contributed by atoms with Crippen molar-refractivity contribution in [2.24, 2.45) is 5.41 Å². The summed E-state index contributed by atoms with van der Waals surface area (Å²) in [5.41, 5.74) is 4.63. The Hall–Kier alpha value is -1.69. The first-order valence-electron chi connectivity index (χ1n) is 6.35. The molecule has 0 aromatic heterocycles. The molecule has 20 heavy (non-hydrogen) atoms. The minimum atomic E-state index is -0.922. The van der Waals surface area contributed by atoms with Crippen molar-refractivity contribution in [2.45, 2.75) is 32.4 Å². The molecule has 110 valence electrons. The van der Waals surface area contributed by atoms with Gasteiger partial charge in [-0.05, 0) is 12.5 Å². The molecule has 2 unspecified atom stereocenters. The zero-order valence-corrected chi connectivity index (χ0v) is 11.7. The number of hydrogen-bond donors (Lipinski definition) is 2. The summed E-state index contributed by atoms with van der Waals surface area (Å²) in [7, 11) is 1.62. The standard InChI is InChI=1S/C14H18F2N2O2/c1-14(2)11(6-12(14)20-3)18-13(19)7-4-10(17)9(16)5-8(7)15/h4-5,11-12H,6,17H2,1-3H3,(H,18,19). The highest BCUT2D eigenvalue weighted by Crippen LogP contribution is 2.42. The Kier molecular flexibility index (Phi) is 3.69. The Morgan fingerprint density at radius 2 is 2.05 bits per heavy atom. The molecule has 0 radical (unpaired) electrons. The van der Waals surface area contributed by atoms with Gasteiger partial charge in [0.2, 0.25) is 0 Å². The summed E-state index contributed by atoms with van der Waals surface area (Å²) in [6, 6.07) is 1.51. The Balaban J connectivity index is 2.13. The molecule has 2 atom stereocenters. The highest BCUT2D eigenvalue weighted by Gasteiger charge is 2.49. The fourth-order valence-electron chi connectivity index (χ4n) is 2.51. The Bertz CT molecular complexity index is 546. The van der Waals surface area contributed by atoms with E-state index in [0.717, 1.165) is 6.07 Å². The second-order valence-corrected chi connectivity index (χ2v) is 5.66. The van der Waals surface area contributed by atoms with E-state index in [1.807, 2.05) is 13.8 Å². The maximum absolute atomic E-state index is 13.6. The molecule has 0 spiro atoms. The van der Waals surface area contributed by atoms with Gasteiger partial charge in [-0.15, -0.1) is 0 Å². The molecule has 1 amide bonds. The first kappa shape index (κ1) is 14.7. The lowest BCUT2D eigenvalue weighted by Gasteiger charge is -2.51. The monoisotopic (exact) mass is 284 g/mol. The molecule has 1 fully saturated rings. The van der Waals surface area contributed by atoms with Gasteiger partial charge in [0.15, 0.2) is 0 Å². The SMILES string of the molecule is COC1CC(NC(=O)c2cc(N)c(F)cc2F)C1(C)C. The molecule has 3 N–H and O–H groups in total. The van der Waals surface area contributed by atoms with E-state index in [0.29, 0.717) is 12.5 Å². The van der Waals surface area contributed by atoms with Gasteiger partial charge in [0, 0.05) is 24.6 Å². The summed E-state index contributed by atoms with van der Waals surface area (Å²) in [6.07, 6.45) is 0.712. The number of nitrogens with one attached hydrogen (secondary N) is 1. The zero-order chi connectivity index (χ0) is 15.1. The van der Waals surface area contributed by atoms with Gasteiger partial charge in [-0.2, -0.15) is 0 Å². The molecule has 0 bridgehead atoms. The molecule has 0 aliphatic heterocycles. The largest absolute Gasteiger partial charge is 0.396 e. The van der Waals surface area contributed by atoms with Crippen molar-refractivity contribution < 1.29 is 18.3 Å². The van der Waals surface area contributed by atoms with Crippen LogP contribution in [0.4, 0.5) is 14.5 Å². The molecule has 1 aromatic rings. The van der Waals surface area contributed by atoms with Gasteiger partial charge >= 0.3 is 0 Å². The average Bonchev–Trinajstić information content (AvgIpc) is 2.37. The highest BCUT2D eigenvalue weighted by atomic mass is 19.1. The van der Waals surface area contributed by atoms with E-state index in [4.69, 9.17) is 10.5 Å². The van der Waals surface area contributed by atoms with Gasteiger partial charge in [0.05, 0.1) is 17.4 Å². The molecular formula is C14H18F2N2O2. The molecular weight excluding hydrogens is 266 g/mol. The summed E-state index contributed by atoms with van der Waals surface area (Å²) in [6.45, 7) is 3.93. The van der Waals surface area contributed by atoms with Crippen LogP contribution < -0.4 is 11.1 Å². The molecule has 1 aliphatic rings. The average molecular weight is 284 g/mol. The number of methoxy groups -OCH3 is 1. The lowest BCUT2D eigenvalue weighted by molar-refractivity contribution is -0.0942. The molecule has 4 nitrogen and oxygen atoms in total. The minimum absolute atomic E-state index is 0.0518. The summed E-state index contributed by atoms with van der Waals surface area (Å²) in [5, 5.41) is 2.74. The van der Waals surface area contributed by atoms with Crippen molar-refractivity contribution in [2.75, 3.05) is 12.8 Å². The number of carbonyl (C=O) groups is 1. The van der Waals surface area contributed by atoms with Crippen molar-refractivity contribution in [1.82, 2.24) is 5.32 Å². The van der Waals surface area contributed by atoms with Gasteiger partial charge in [-0.25, -0.2) is 8.78 Å². The Morgan fingerprint density at radius 3 is 2.60 bits per heavy atom. The van der Waals surface area contributed by atoms with Crippen LogP contribution in [0.1, 0.15) is 30.6 Å². The number of hydrogen-bond acceptors (Lipinski definition) is 3. The molecule has 1 aliphatic carbocycles. The number of nitrogen functional groups attached to an aromatic ring is 1. The second-order valence-electron chi connectivity index (χ2n) is 5.66. The van der Waals surface area contributed by atoms with Gasteiger partial charge in [-0.3, -0.25) is 4.79 Å². The number of nitrogens with two attached hydrogens (primary N) is 1. The maximum Gasteiger partial charge on any atom is 0.254 e. The van der Waals surface area contributed by atoms with Crippen molar-refractivity contribution in [3.8, 4) is 0 Å². The highest BCUT2D eigenvalue weighted by molar-refractivity contribution is 5.95. The van der Waals surface area contributed by atoms with Crippen LogP contribution in [0, 0.1) is 17.0 Å². The van der Waals surface area contributed by atoms with Gasteiger partial charge < -0.3 is 15.8 Å². The summed E-state index contributed by atoms with van der Waals surface area (Å²) >= 11 is 0. The number of halogens is 2. The molecule has 1 saturated carbocycles. The van der Waals surface area contributed by atoms with E-state index < -0.39 is 17.5 Å². The van der Waals surface area contributed by atoms with Crippen LogP contribution >= 0.6 is 0 Å². The van der Waals surface area contributed by atoms with Crippen LogP contribution in [-0.2, 0) is 4.74 Å². The summed E-state index contributed by atoms with van der Waals surface area (Å²) in [4.78, 5) is 12.0. The fourth-order valence-corrected chi connectivity index (χ4v) is 2.51. The third-order valence-electron chi connectivity index (χ3n) is 4.10. The van der Waals surface area contributed by atoms with Crippen molar-refractivity contribution >= 4 is 11.6 Å².